The van der Waals surface area contributed by atoms with Gasteiger partial charge in [0, 0.05) is 36.7 Å². The number of hydrogen-bond donors (Lipinski definition) is 2. The van der Waals surface area contributed by atoms with Crippen molar-refractivity contribution in [3.63, 3.8) is 0 Å². The zero-order chi connectivity index (χ0) is 31.4. The third-order valence-electron chi connectivity index (χ3n) is 7.23. The van der Waals surface area contributed by atoms with Gasteiger partial charge in [-0.3, -0.25) is 19.5 Å². The van der Waals surface area contributed by atoms with Crippen molar-refractivity contribution >= 4 is 49.5 Å². The summed E-state index contributed by atoms with van der Waals surface area (Å²) in [4.78, 5) is 23.9. The Morgan fingerprint density at radius 1 is 1.02 bits per heavy atom. The number of carbonyl (C=O) groups is 1. The average Bonchev–Trinajstić information content (AvgIpc) is 3.32. The maximum atomic E-state index is 14.3. The second-order valence-electron chi connectivity index (χ2n) is 10.6. The summed E-state index contributed by atoms with van der Waals surface area (Å²) in [5, 5.41) is 8.39. The van der Waals surface area contributed by atoms with Gasteiger partial charge in [-0.25, -0.2) is 13.4 Å². The Labute approximate surface area is 256 Å². The number of carbonyl (C=O) groups excluding carboxylic acids is 1. The van der Waals surface area contributed by atoms with E-state index in [1.54, 1.807) is 66.2 Å². The highest BCUT2D eigenvalue weighted by Gasteiger charge is 2.28. The van der Waals surface area contributed by atoms with Gasteiger partial charge in [-0.2, -0.15) is 0 Å². The Morgan fingerprint density at radius 2 is 1.77 bits per heavy atom. The number of esters is 1. The van der Waals surface area contributed by atoms with Crippen molar-refractivity contribution in [1.82, 2.24) is 19.4 Å². The van der Waals surface area contributed by atoms with Gasteiger partial charge in [0.05, 0.1) is 28.8 Å². The standard InChI is InChI=1S/C32H35N7O4S/c1-4-43-30(40)21-38-27-15-14-25(20-26(27)36-29(38)19-22-10-12-24(13-11-22)32(33)34)39(18-17-37(2)3)44(41,42)28-9-5-7-23-8-6-16-35-31(23)28/h5-16,20H,4,17-19,21H2,1-3H3,(H3,33,34). The molecule has 12 heteroatoms. The van der Waals surface area contributed by atoms with Crippen LogP contribution < -0.4 is 10.0 Å². The number of pyridine rings is 1. The number of nitrogens with two attached hydrogens (primary N) is 1. The largest absolute Gasteiger partial charge is 0.465 e. The first kappa shape index (κ1) is 30.6. The first-order chi connectivity index (χ1) is 21.1. The van der Waals surface area contributed by atoms with Crippen LogP contribution in [0.4, 0.5) is 5.69 Å². The van der Waals surface area contributed by atoms with Crippen molar-refractivity contribution in [2.24, 2.45) is 5.73 Å². The highest BCUT2D eigenvalue weighted by molar-refractivity contribution is 7.93. The molecule has 0 aliphatic rings. The number of nitrogens with one attached hydrogen (secondary N) is 1. The predicted octanol–water partition coefficient (Wildman–Crippen LogP) is 3.78. The second kappa shape index (κ2) is 12.8. The number of imidazole rings is 1. The molecule has 0 amide bonds. The van der Waals surface area contributed by atoms with Gasteiger partial charge in [0.1, 0.15) is 23.1 Å². The van der Waals surface area contributed by atoms with E-state index in [9.17, 15) is 13.2 Å². The fourth-order valence-corrected chi connectivity index (χ4v) is 6.65. The Hall–Kier alpha value is -4.81. The minimum absolute atomic E-state index is 0.0216. The van der Waals surface area contributed by atoms with E-state index < -0.39 is 16.0 Å². The summed E-state index contributed by atoms with van der Waals surface area (Å²) in [5.41, 5.74) is 9.20. The van der Waals surface area contributed by atoms with Gasteiger partial charge in [-0.05, 0) is 56.9 Å². The number of nitrogen functional groups attached to an aromatic ring is 1. The number of hydrogen-bond acceptors (Lipinski definition) is 8. The first-order valence-electron chi connectivity index (χ1n) is 14.2. The summed E-state index contributed by atoms with van der Waals surface area (Å²) in [6.07, 6.45) is 1.98. The molecule has 0 fully saturated rings. The lowest BCUT2D eigenvalue weighted by Gasteiger charge is -2.26. The lowest BCUT2D eigenvalue weighted by Crippen LogP contribution is -2.37. The molecule has 3 aromatic carbocycles. The number of para-hydroxylation sites is 1. The molecule has 0 bridgehead atoms. The second-order valence-corrected chi connectivity index (χ2v) is 12.4. The molecule has 0 aliphatic heterocycles. The van der Waals surface area contributed by atoms with Crippen molar-refractivity contribution < 1.29 is 17.9 Å². The number of rotatable bonds is 12. The monoisotopic (exact) mass is 613 g/mol. The summed E-state index contributed by atoms with van der Waals surface area (Å²) in [7, 11) is -0.249. The highest BCUT2D eigenvalue weighted by Crippen LogP contribution is 2.31. The zero-order valence-electron chi connectivity index (χ0n) is 24.9. The normalized spacial score (nSPS) is 11.7. The first-order valence-corrected chi connectivity index (χ1v) is 15.6. The lowest BCUT2D eigenvalue weighted by molar-refractivity contribution is -0.143. The number of benzene rings is 3. The summed E-state index contributed by atoms with van der Waals surface area (Å²) in [6, 6.07) is 21.3. The van der Waals surface area contributed by atoms with E-state index in [2.05, 4.69) is 4.98 Å². The molecule has 0 radical (unpaired) electrons. The molecule has 0 atom stereocenters. The van der Waals surface area contributed by atoms with Gasteiger partial charge < -0.3 is 19.9 Å². The Bertz CT molecular complexity index is 1930. The van der Waals surface area contributed by atoms with Gasteiger partial charge in [0.15, 0.2) is 0 Å². The molecule has 5 aromatic rings. The fourth-order valence-electron chi connectivity index (χ4n) is 5.04. The van der Waals surface area contributed by atoms with E-state index in [4.69, 9.17) is 20.9 Å². The molecule has 44 heavy (non-hydrogen) atoms. The predicted molar refractivity (Wildman–Crippen MR) is 171 cm³/mol. The molecule has 2 aromatic heterocycles. The molecular weight excluding hydrogens is 578 g/mol. The number of sulfonamides is 1. The van der Waals surface area contributed by atoms with Gasteiger partial charge in [0.2, 0.25) is 0 Å². The van der Waals surface area contributed by atoms with Gasteiger partial charge in [-0.15, -0.1) is 0 Å². The average molecular weight is 614 g/mol. The van der Waals surface area contributed by atoms with Crippen LogP contribution in [-0.4, -0.2) is 73.4 Å². The molecule has 0 spiro atoms. The minimum Gasteiger partial charge on any atom is -0.465 e. The van der Waals surface area contributed by atoms with Crippen molar-refractivity contribution in [3.05, 3.63) is 95.9 Å². The molecular formula is C32H35N7O4S. The molecule has 0 aliphatic carbocycles. The van der Waals surface area contributed by atoms with Gasteiger partial charge in [0.25, 0.3) is 10.0 Å². The maximum absolute atomic E-state index is 14.3. The minimum atomic E-state index is -4.03. The molecule has 3 N–H and O–H groups in total. The van der Waals surface area contributed by atoms with Crippen LogP contribution in [0.15, 0.2) is 83.9 Å². The molecule has 0 saturated heterocycles. The number of likely N-dealkylation sites (N-methyl/N-ethyl adjacent to an activating group) is 1. The third-order valence-corrected chi connectivity index (χ3v) is 9.09. The number of fused-ring (bicyclic) bond motifs is 2. The van der Waals surface area contributed by atoms with Crippen molar-refractivity contribution in [1.29, 1.82) is 5.41 Å². The molecule has 0 unspecified atom stereocenters. The fraction of sp³-hybridized carbons (Fsp3) is 0.250. The van der Waals surface area contributed by atoms with Crippen molar-refractivity contribution in [2.75, 3.05) is 38.1 Å². The van der Waals surface area contributed by atoms with Gasteiger partial charge in [-0.1, -0.05) is 42.5 Å². The SMILES string of the molecule is CCOC(=O)Cn1c(Cc2ccc(C(=N)N)cc2)nc2cc(N(CCN(C)C)S(=O)(=O)c3cccc4cccnc34)ccc21. The Kier molecular flexibility index (Phi) is 8.93. The molecule has 11 nitrogen and oxygen atoms in total. The Morgan fingerprint density at radius 3 is 2.48 bits per heavy atom. The summed E-state index contributed by atoms with van der Waals surface area (Å²) in [5.74, 6) is 0.191. The van der Waals surface area contributed by atoms with Crippen LogP contribution in [0.3, 0.4) is 0 Å². The van der Waals surface area contributed by atoms with E-state index in [-0.39, 0.29) is 30.4 Å². The third kappa shape index (κ3) is 6.41. The van der Waals surface area contributed by atoms with Crippen LogP contribution in [0.5, 0.6) is 0 Å². The number of ether oxygens (including phenoxy) is 1. The van der Waals surface area contributed by atoms with Crippen LogP contribution >= 0.6 is 0 Å². The highest BCUT2D eigenvalue weighted by atomic mass is 32.2. The van der Waals surface area contributed by atoms with E-state index in [0.29, 0.717) is 46.6 Å². The van der Waals surface area contributed by atoms with E-state index in [0.717, 1.165) is 10.9 Å². The summed E-state index contributed by atoms with van der Waals surface area (Å²) < 4.78 is 36.9. The van der Waals surface area contributed by atoms with E-state index >= 15 is 0 Å². The van der Waals surface area contributed by atoms with Crippen LogP contribution in [-0.2, 0) is 32.5 Å². The van der Waals surface area contributed by atoms with Crippen molar-refractivity contribution in [2.45, 2.75) is 24.8 Å². The molecule has 0 saturated carbocycles. The van der Waals surface area contributed by atoms with Crippen LogP contribution in [0.2, 0.25) is 0 Å². The van der Waals surface area contributed by atoms with E-state index in [1.807, 2.05) is 43.3 Å². The molecule has 5 rings (SSSR count). The summed E-state index contributed by atoms with van der Waals surface area (Å²) in [6.45, 7) is 2.63. The number of nitrogens with zero attached hydrogens (tertiary/aromatic N) is 5. The van der Waals surface area contributed by atoms with Crippen molar-refractivity contribution in [3.8, 4) is 0 Å². The zero-order valence-corrected chi connectivity index (χ0v) is 25.7. The van der Waals surface area contributed by atoms with Crippen LogP contribution in [0, 0.1) is 5.41 Å². The number of amidine groups is 1. The Balaban J connectivity index is 1.60. The smallest absolute Gasteiger partial charge is 0.326 e. The number of aromatic nitrogens is 3. The number of anilines is 1. The molecule has 228 valence electrons. The summed E-state index contributed by atoms with van der Waals surface area (Å²) >= 11 is 0. The maximum Gasteiger partial charge on any atom is 0.326 e. The van der Waals surface area contributed by atoms with Crippen LogP contribution in [0.25, 0.3) is 21.9 Å². The quantitative estimate of drug-likeness (QED) is 0.123. The van der Waals surface area contributed by atoms with E-state index in [1.165, 1.54) is 4.31 Å². The van der Waals surface area contributed by atoms with Gasteiger partial charge >= 0.3 is 5.97 Å². The topological polar surface area (TPSA) is 148 Å². The van der Waals surface area contributed by atoms with Crippen LogP contribution in [0.1, 0.15) is 23.9 Å². The molecule has 2 heterocycles. The lowest BCUT2D eigenvalue weighted by atomic mass is 10.1.